The molecule has 0 aromatic heterocycles. The first-order valence-corrected chi connectivity index (χ1v) is 5.50. The molecule has 0 radical (unpaired) electrons. The number of hydrogen-bond donors (Lipinski definition) is 5. The average Bonchev–Trinajstić information content (AvgIpc) is 2.37. The van der Waals surface area contributed by atoms with Gasteiger partial charge in [-0.2, -0.15) is 0 Å². The van der Waals surface area contributed by atoms with Crippen molar-refractivity contribution in [3.63, 3.8) is 0 Å². The van der Waals surface area contributed by atoms with E-state index in [1.807, 2.05) is 0 Å². The number of aromatic hydroxyl groups is 2. The molecule has 2 unspecified atom stereocenters. The van der Waals surface area contributed by atoms with E-state index < -0.39 is 47.6 Å². The van der Waals surface area contributed by atoms with Crippen LogP contribution in [0.25, 0.3) is 0 Å². The Morgan fingerprint density at radius 3 is 2.30 bits per heavy atom. The van der Waals surface area contributed by atoms with Crippen LogP contribution in [0.15, 0.2) is 12.1 Å². The Kier molecular flexibility index (Phi) is 4.89. The van der Waals surface area contributed by atoms with Gasteiger partial charge in [0.1, 0.15) is 23.2 Å². The molecule has 0 fully saturated rings. The van der Waals surface area contributed by atoms with Crippen LogP contribution < -0.4 is 0 Å². The number of aliphatic hydroxyl groups excluding tert-OH is 2. The second-order valence-corrected chi connectivity index (χ2v) is 4.03. The lowest BCUT2D eigenvalue weighted by Gasteiger charge is -2.19. The Hall–Kier alpha value is -2.32. The fourth-order valence-corrected chi connectivity index (χ4v) is 1.58. The van der Waals surface area contributed by atoms with Gasteiger partial charge in [-0.15, -0.1) is 0 Å². The molecule has 8 nitrogen and oxygen atoms in total. The smallest absolute Gasteiger partial charge is 0.339 e. The monoisotopic (exact) mass is 286 g/mol. The van der Waals surface area contributed by atoms with Crippen molar-refractivity contribution in [3.8, 4) is 11.5 Å². The molecule has 0 aliphatic carbocycles. The zero-order chi connectivity index (χ0) is 15.4. The van der Waals surface area contributed by atoms with Crippen LogP contribution in [0, 0.1) is 0 Å². The third-order valence-corrected chi connectivity index (χ3v) is 2.66. The second-order valence-electron chi connectivity index (χ2n) is 4.03. The van der Waals surface area contributed by atoms with Crippen molar-refractivity contribution in [3.05, 3.63) is 23.3 Å². The standard InChI is InChI=1S/C12H14O8/c1-20-10(16)4-9(15)11(17)5-2-6(12(18)19)8(14)3-7(5)13/h2-3,9,11,13-15,17H,4H2,1H3,(H,18,19). The van der Waals surface area contributed by atoms with Crippen molar-refractivity contribution in [2.24, 2.45) is 0 Å². The van der Waals surface area contributed by atoms with Crippen LogP contribution in [-0.4, -0.2) is 50.7 Å². The van der Waals surface area contributed by atoms with Gasteiger partial charge in [-0.25, -0.2) is 4.79 Å². The van der Waals surface area contributed by atoms with Crippen molar-refractivity contribution in [2.45, 2.75) is 18.6 Å². The average molecular weight is 286 g/mol. The van der Waals surface area contributed by atoms with Crippen LogP contribution in [0.5, 0.6) is 11.5 Å². The zero-order valence-electron chi connectivity index (χ0n) is 10.5. The lowest BCUT2D eigenvalue weighted by molar-refractivity contribution is -0.144. The van der Waals surface area contributed by atoms with Gasteiger partial charge in [0.25, 0.3) is 0 Å². The quantitative estimate of drug-likeness (QED) is 0.466. The van der Waals surface area contributed by atoms with Crippen molar-refractivity contribution < 1.29 is 39.9 Å². The van der Waals surface area contributed by atoms with E-state index in [1.54, 1.807) is 0 Å². The van der Waals surface area contributed by atoms with Gasteiger partial charge in [0, 0.05) is 11.6 Å². The number of carbonyl (C=O) groups excluding carboxylic acids is 1. The summed E-state index contributed by atoms with van der Waals surface area (Å²) < 4.78 is 4.31. The molecule has 0 spiro atoms. The maximum absolute atomic E-state index is 11.0. The van der Waals surface area contributed by atoms with E-state index in [-0.39, 0.29) is 5.56 Å². The minimum absolute atomic E-state index is 0.323. The van der Waals surface area contributed by atoms with E-state index in [4.69, 9.17) is 5.11 Å². The summed E-state index contributed by atoms with van der Waals surface area (Å²) in [6.45, 7) is 0. The highest BCUT2D eigenvalue weighted by Crippen LogP contribution is 2.33. The Bertz CT molecular complexity index is 524. The van der Waals surface area contributed by atoms with Gasteiger partial charge < -0.3 is 30.3 Å². The topological polar surface area (TPSA) is 145 Å². The minimum atomic E-state index is -1.72. The summed E-state index contributed by atoms with van der Waals surface area (Å²) in [7, 11) is 1.10. The molecule has 110 valence electrons. The van der Waals surface area contributed by atoms with Gasteiger partial charge in [0.15, 0.2) is 0 Å². The molecular formula is C12H14O8. The summed E-state index contributed by atoms with van der Waals surface area (Å²) in [4.78, 5) is 21.8. The lowest BCUT2D eigenvalue weighted by atomic mass is 9.98. The molecule has 0 bridgehead atoms. The van der Waals surface area contributed by atoms with Gasteiger partial charge in [-0.1, -0.05) is 0 Å². The van der Waals surface area contributed by atoms with Gasteiger partial charge in [-0.05, 0) is 6.07 Å². The molecule has 5 N–H and O–H groups in total. The fraction of sp³-hybridized carbons (Fsp3) is 0.333. The van der Waals surface area contributed by atoms with E-state index in [1.165, 1.54) is 0 Å². The molecule has 2 atom stereocenters. The number of esters is 1. The molecular weight excluding hydrogens is 272 g/mol. The highest BCUT2D eigenvalue weighted by atomic mass is 16.5. The van der Waals surface area contributed by atoms with Gasteiger partial charge >= 0.3 is 11.9 Å². The number of aliphatic hydroxyl groups is 2. The number of carbonyl (C=O) groups is 2. The zero-order valence-corrected chi connectivity index (χ0v) is 10.5. The van der Waals surface area contributed by atoms with Crippen LogP contribution in [-0.2, 0) is 9.53 Å². The summed E-state index contributed by atoms with van der Waals surface area (Å²) in [5, 5.41) is 47.2. The number of ether oxygens (including phenoxy) is 1. The van der Waals surface area contributed by atoms with Crippen LogP contribution in [0.3, 0.4) is 0 Å². The van der Waals surface area contributed by atoms with E-state index in [9.17, 15) is 30.0 Å². The molecule has 20 heavy (non-hydrogen) atoms. The highest BCUT2D eigenvalue weighted by Gasteiger charge is 2.26. The molecule has 0 saturated heterocycles. The Morgan fingerprint density at radius 2 is 1.80 bits per heavy atom. The van der Waals surface area contributed by atoms with Crippen molar-refractivity contribution in [2.75, 3.05) is 7.11 Å². The molecule has 1 aromatic rings. The van der Waals surface area contributed by atoms with Crippen molar-refractivity contribution >= 4 is 11.9 Å². The molecule has 0 aliphatic heterocycles. The Labute approximate surface area is 113 Å². The number of phenols is 2. The summed E-state index contributed by atoms with van der Waals surface area (Å²) >= 11 is 0. The predicted octanol–water partition coefficient (Wildman–Crippen LogP) is -0.247. The Morgan fingerprint density at radius 1 is 1.20 bits per heavy atom. The van der Waals surface area contributed by atoms with Gasteiger partial charge in [0.2, 0.25) is 0 Å². The Balaban J connectivity index is 3.09. The molecule has 0 heterocycles. The minimum Gasteiger partial charge on any atom is -0.507 e. The third-order valence-electron chi connectivity index (χ3n) is 2.66. The molecule has 0 saturated carbocycles. The molecule has 1 rings (SSSR count). The van der Waals surface area contributed by atoms with Crippen molar-refractivity contribution in [1.29, 1.82) is 0 Å². The van der Waals surface area contributed by atoms with Gasteiger partial charge in [0.05, 0.1) is 19.6 Å². The highest BCUT2D eigenvalue weighted by molar-refractivity contribution is 5.91. The maximum Gasteiger partial charge on any atom is 0.339 e. The molecule has 0 amide bonds. The second kappa shape index (κ2) is 6.22. The summed E-state index contributed by atoms with van der Waals surface area (Å²) in [5.41, 5.74) is -0.876. The normalized spacial score (nSPS) is 13.6. The van der Waals surface area contributed by atoms with E-state index in [0.717, 1.165) is 19.2 Å². The van der Waals surface area contributed by atoms with Gasteiger partial charge in [-0.3, -0.25) is 4.79 Å². The van der Waals surface area contributed by atoms with E-state index in [2.05, 4.69) is 4.74 Å². The summed E-state index contributed by atoms with van der Waals surface area (Å²) in [5.74, 6) is -3.55. The number of hydrogen-bond acceptors (Lipinski definition) is 7. The first-order chi connectivity index (χ1) is 9.27. The number of benzene rings is 1. The largest absolute Gasteiger partial charge is 0.507 e. The predicted molar refractivity (Wildman–Crippen MR) is 64.3 cm³/mol. The van der Waals surface area contributed by atoms with E-state index >= 15 is 0 Å². The summed E-state index contributed by atoms with van der Waals surface area (Å²) in [6, 6.07) is 1.55. The number of rotatable bonds is 5. The first kappa shape index (κ1) is 15.7. The molecule has 1 aromatic carbocycles. The third kappa shape index (κ3) is 3.37. The SMILES string of the molecule is COC(=O)CC(O)C(O)c1cc(C(=O)O)c(O)cc1O. The summed E-state index contributed by atoms with van der Waals surface area (Å²) in [6.07, 6.45) is -3.85. The number of carboxylic acids is 1. The first-order valence-electron chi connectivity index (χ1n) is 5.50. The number of carboxylic acid groups (broad SMARTS) is 1. The van der Waals surface area contributed by atoms with Crippen LogP contribution >= 0.6 is 0 Å². The number of methoxy groups -OCH3 is 1. The maximum atomic E-state index is 11.0. The van der Waals surface area contributed by atoms with Crippen molar-refractivity contribution in [1.82, 2.24) is 0 Å². The number of aromatic carboxylic acids is 1. The molecule has 8 heteroatoms. The van der Waals surface area contributed by atoms with E-state index in [0.29, 0.717) is 0 Å². The lowest BCUT2D eigenvalue weighted by Crippen LogP contribution is -2.23. The van der Waals surface area contributed by atoms with Crippen LogP contribution in [0.1, 0.15) is 28.4 Å². The van der Waals surface area contributed by atoms with Crippen LogP contribution in [0.4, 0.5) is 0 Å². The fourth-order valence-electron chi connectivity index (χ4n) is 1.58. The van der Waals surface area contributed by atoms with Crippen LogP contribution in [0.2, 0.25) is 0 Å². The number of phenolic OH excluding ortho intramolecular Hbond substituents is 1. The molecule has 0 aliphatic rings.